The van der Waals surface area contributed by atoms with Crippen LogP contribution < -0.4 is 15.2 Å². The molecule has 2 amide bonds. The van der Waals surface area contributed by atoms with E-state index in [2.05, 4.69) is 4.98 Å². The van der Waals surface area contributed by atoms with Crippen molar-refractivity contribution in [1.29, 1.82) is 0 Å². The van der Waals surface area contributed by atoms with Gasteiger partial charge >= 0.3 is 12.3 Å². The minimum absolute atomic E-state index is 0.0214. The van der Waals surface area contributed by atoms with Crippen LogP contribution in [-0.4, -0.2) is 56.8 Å². The molecule has 0 spiro atoms. The molecule has 0 unspecified atom stereocenters. The normalized spacial score (nSPS) is 15.9. The van der Waals surface area contributed by atoms with Crippen LogP contribution in [0.5, 0.6) is 0 Å². The Morgan fingerprint density at radius 2 is 1.81 bits per heavy atom. The average molecular weight is 569 g/mol. The van der Waals surface area contributed by atoms with Crippen molar-refractivity contribution >= 4 is 49.0 Å². The number of benzene rings is 1. The number of hydrogen-bond donors (Lipinski definition) is 2. The van der Waals surface area contributed by atoms with Gasteiger partial charge in [0.1, 0.15) is 15.7 Å². The molecule has 1 aromatic heterocycles. The fraction of sp³-hybridized carbons (Fsp3) is 0.350. The van der Waals surface area contributed by atoms with Crippen LogP contribution in [0.1, 0.15) is 28.9 Å². The molecule has 36 heavy (non-hydrogen) atoms. The summed E-state index contributed by atoms with van der Waals surface area (Å²) in [6, 6.07) is 5.82. The molecule has 10 nitrogen and oxygen atoms in total. The van der Waals surface area contributed by atoms with Crippen LogP contribution in [0.15, 0.2) is 36.5 Å². The number of hydrazine groups is 1. The van der Waals surface area contributed by atoms with Crippen molar-refractivity contribution < 1.29 is 39.6 Å². The SMILES string of the molecule is O=C(NNC(=O)C(F)F)c1ccc(CN(c2ccc(F)c(Cl)c2)S(=O)(=O)C2CCS(=O)(=O)CC2)nc1. The molecule has 196 valence electrons. The first-order valence-electron chi connectivity index (χ1n) is 10.3. The number of aromatic nitrogens is 1. The van der Waals surface area contributed by atoms with E-state index in [1.165, 1.54) is 23.6 Å². The number of pyridine rings is 1. The standard InChI is InChI=1S/C20H20ClF3N4O6S2/c21-16-9-14(3-4-17(16)22)28(36(33,34)15-5-7-35(31,32)8-6-15)11-13-2-1-12(10-25-13)19(29)26-27-20(30)18(23)24/h1-4,9-10,15,18H,5-8,11H2,(H,26,29)(H,27,30). The van der Waals surface area contributed by atoms with E-state index in [1.54, 1.807) is 5.43 Å². The van der Waals surface area contributed by atoms with E-state index in [1.807, 2.05) is 0 Å². The fourth-order valence-corrected chi connectivity index (χ4v) is 7.23. The van der Waals surface area contributed by atoms with Gasteiger partial charge in [0.25, 0.3) is 5.91 Å². The fourth-order valence-electron chi connectivity index (χ4n) is 3.36. The van der Waals surface area contributed by atoms with E-state index in [0.29, 0.717) is 0 Å². The van der Waals surface area contributed by atoms with Crippen molar-refractivity contribution in [2.45, 2.75) is 31.1 Å². The van der Waals surface area contributed by atoms with E-state index in [0.717, 1.165) is 22.6 Å². The number of amides is 2. The third-order valence-electron chi connectivity index (χ3n) is 5.31. The highest BCUT2D eigenvalue weighted by Crippen LogP contribution is 2.31. The first-order valence-corrected chi connectivity index (χ1v) is 14.0. The van der Waals surface area contributed by atoms with Crippen molar-refractivity contribution in [3.63, 3.8) is 0 Å². The summed E-state index contributed by atoms with van der Waals surface area (Å²) in [4.78, 5) is 26.9. The Balaban J connectivity index is 1.85. The van der Waals surface area contributed by atoms with Gasteiger partial charge in [-0.05, 0) is 43.2 Å². The summed E-state index contributed by atoms with van der Waals surface area (Å²) in [6.07, 6.45) is -2.53. The van der Waals surface area contributed by atoms with Crippen LogP contribution in [0.4, 0.5) is 18.9 Å². The molecule has 1 aliphatic rings. The Morgan fingerprint density at radius 3 is 2.36 bits per heavy atom. The molecule has 0 saturated carbocycles. The number of sulfone groups is 1. The maximum atomic E-state index is 13.7. The number of anilines is 1. The molecule has 2 N–H and O–H groups in total. The van der Waals surface area contributed by atoms with Crippen LogP contribution in [0.2, 0.25) is 5.02 Å². The summed E-state index contributed by atoms with van der Waals surface area (Å²) in [5.41, 5.74) is 3.37. The van der Waals surface area contributed by atoms with Gasteiger partial charge in [-0.2, -0.15) is 8.78 Å². The first kappa shape index (κ1) is 27.7. The number of halogens is 4. The molecule has 0 atom stereocenters. The van der Waals surface area contributed by atoms with Crippen molar-refractivity contribution in [2.75, 3.05) is 15.8 Å². The zero-order chi connectivity index (χ0) is 26.7. The minimum atomic E-state index is -4.16. The van der Waals surface area contributed by atoms with E-state index in [-0.39, 0.29) is 52.9 Å². The smallest absolute Gasteiger partial charge is 0.267 e. The Morgan fingerprint density at radius 1 is 1.14 bits per heavy atom. The largest absolute Gasteiger partial charge is 0.317 e. The molecular weight excluding hydrogens is 549 g/mol. The zero-order valence-corrected chi connectivity index (χ0v) is 20.7. The van der Waals surface area contributed by atoms with Crippen molar-refractivity contribution in [2.24, 2.45) is 0 Å². The third kappa shape index (κ3) is 6.64. The Hall–Kier alpha value is -2.91. The molecule has 16 heteroatoms. The molecule has 0 radical (unpaired) electrons. The number of rotatable bonds is 7. The molecule has 1 aromatic carbocycles. The number of carbonyl (C=O) groups is 2. The second-order valence-electron chi connectivity index (χ2n) is 7.78. The summed E-state index contributed by atoms with van der Waals surface area (Å²) < 4.78 is 89.6. The highest BCUT2D eigenvalue weighted by atomic mass is 35.5. The van der Waals surface area contributed by atoms with Gasteiger partial charge < -0.3 is 0 Å². The predicted molar refractivity (Wildman–Crippen MR) is 124 cm³/mol. The predicted octanol–water partition coefficient (Wildman–Crippen LogP) is 1.81. The Bertz CT molecular complexity index is 1340. The highest BCUT2D eigenvalue weighted by molar-refractivity contribution is 7.94. The minimum Gasteiger partial charge on any atom is -0.267 e. The lowest BCUT2D eigenvalue weighted by molar-refractivity contribution is -0.132. The van der Waals surface area contributed by atoms with Gasteiger partial charge in [0, 0.05) is 6.20 Å². The lowest BCUT2D eigenvalue weighted by atomic mass is 10.2. The number of sulfonamides is 1. The molecule has 1 saturated heterocycles. The van der Waals surface area contributed by atoms with Crippen molar-refractivity contribution in [3.05, 3.63) is 58.6 Å². The lowest BCUT2D eigenvalue weighted by Gasteiger charge is -2.31. The molecule has 3 rings (SSSR count). The van der Waals surface area contributed by atoms with Crippen LogP contribution in [0.3, 0.4) is 0 Å². The highest BCUT2D eigenvalue weighted by Gasteiger charge is 2.37. The van der Waals surface area contributed by atoms with Crippen molar-refractivity contribution in [3.8, 4) is 0 Å². The molecule has 0 bridgehead atoms. The van der Waals surface area contributed by atoms with E-state index in [9.17, 15) is 39.6 Å². The van der Waals surface area contributed by atoms with Crippen LogP contribution in [0, 0.1) is 5.82 Å². The zero-order valence-electron chi connectivity index (χ0n) is 18.3. The number of carbonyl (C=O) groups excluding carboxylic acids is 2. The van der Waals surface area contributed by atoms with Crippen molar-refractivity contribution in [1.82, 2.24) is 15.8 Å². The number of nitrogens with zero attached hydrogens (tertiary/aromatic N) is 2. The van der Waals surface area contributed by atoms with E-state index in [4.69, 9.17) is 11.6 Å². The van der Waals surface area contributed by atoms with Gasteiger partial charge in [-0.3, -0.25) is 29.7 Å². The monoisotopic (exact) mass is 568 g/mol. The van der Waals surface area contributed by atoms with Crippen LogP contribution in [-0.2, 0) is 31.2 Å². The van der Waals surface area contributed by atoms with Gasteiger partial charge in [-0.1, -0.05) is 11.6 Å². The Labute approximate surface area is 209 Å². The number of hydrogen-bond acceptors (Lipinski definition) is 7. The van der Waals surface area contributed by atoms with Gasteiger partial charge in [0.15, 0.2) is 0 Å². The summed E-state index contributed by atoms with van der Waals surface area (Å²) in [7, 11) is -7.50. The van der Waals surface area contributed by atoms with Gasteiger partial charge in [0.05, 0.1) is 45.3 Å². The summed E-state index contributed by atoms with van der Waals surface area (Å²) in [5.74, 6) is -4.00. The molecule has 2 aromatic rings. The van der Waals surface area contributed by atoms with E-state index >= 15 is 0 Å². The second-order valence-corrected chi connectivity index (χ2v) is 12.6. The third-order valence-corrected chi connectivity index (χ3v) is 9.58. The summed E-state index contributed by atoms with van der Waals surface area (Å²) in [5, 5.41) is -1.35. The molecular formula is C20H20ClF3N4O6S2. The molecule has 0 aliphatic carbocycles. The average Bonchev–Trinajstić information content (AvgIpc) is 2.82. The Kier molecular flexibility index (Phi) is 8.46. The van der Waals surface area contributed by atoms with Crippen LogP contribution in [0.25, 0.3) is 0 Å². The topological polar surface area (TPSA) is 143 Å². The van der Waals surface area contributed by atoms with Gasteiger partial charge in [-0.15, -0.1) is 0 Å². The second kappa shape index (κ2) is 11.0. The summed E-state index contributed by atoms with van der Waals surface area (Å²) >= 11 is 5.85. The number of nitrogens with one attached hydrogen (secondary N) is 2. The molecule has 2 heterocycles. The van der Waals surface area contributed by atoms with Crippen LogP contribution >= 0.6 is 11.6 Å². The number of alkyl halides is 2. The lowest BCUT2D eigenvalue weighted by Crippen LogP contribution is -2.44. The molecule has 1 fully saturated rings. The van der Waals surface area contributed by atoms with E-state index < -0.39 is 49.2 Å². The maximum absolute atomic E-state index is 13.7. The summed E-state index contributed by atoms with van der Waals surface area (Å²) in [6.45, 7) is -0.364. The van der Waals surface area contributed by atoms with Gasteiger partial charge in [0.2, 0.25) is 10.0 Å². The quantitative estimate of drug-likeness (QED) is 0.485. The molecule has 1 aliphatic heterocycles. The van der Waals surface area contributed by atoms with Gasteiger partial charge in [-0.25, -0.2) is 21.2 Å². The first-order chi connectivity index (χ1) is 16.8. The maximum Gasteiger partial charge on any atom is 0.317 e.